The van der Waals surface area contributed by atoms with Crippen molar-refractivity contribution in [3.8, 4) is 17.2 Å². The van der Waals surface area contributed by atoms with E-state index < -0.39 is 6.10 Å². The summed E-state index contributed by atoms with van der Waals surface area (Å²) in [4.78, 5) is 0.838. The number of aliphatic hydroxyl groups is 1. The van der Waals surface area contributed by atoms with Crippen LogP contribution in [0.25, 0.3) is 0 Å². The van der Waals surface area contributed by atoms with Gasteiger partial charge in [0.2, 0.25) is 0 Å². The number of hydrogen-bond acceptors (Lipinski definition) is 5. The molecule has 21 heavy (non-hydrogen) atoms. The lowest BCUT2D eigenvalue weighted by Gasteiger charge is -2.17. The Morgan fingerprint density at radius 3 is 2.05 bits per heavy atom. The van der Waals surface area contributed by atoms with Gasteiger partial charge < -0.3 is 19.3 Å². The number of aryl methyl sites for hydroxylation is 1. The average molecular weight is 373 g/mol. The third kappa shape index (κ3) is 3.17. The van der Waals surface area contributed by atoms with Gasteiger partial charge in [-0.15, -0.1) is 11.3 Å². The third-order valence-electron chi connectivity index (χ3n) is 3.18. The van der Waals surface area contributed by atoms with Crippen molar-refractivity contribution in [2.24, 2.45) is 0 Å². The highest BCUT2D eigenvalue weighted by atomic mass is 79.9. The van der Waals surface area contributed by atoms with Gasteiger partial charge in [-0.05, 0) is 40.5 Å². The van der Waals surface area contributed by atoms with Crippen molar-refractivity contribution in [1.29, 1.82) is 0 Å². The van der Waals surface area contributed by atoms with Gasteiger partial charge in [-0.2, -0.15) is 0 Å². The monoisotopic (exact) mass is 372 g/mol. The van der Waals surface area contributed by atoms with Crippen LogP contribution >= 0.6 is 27.3 Å². The molecule has 0 aliphatic heterocycles. The SMILES string of the molecule is COc1cc(OC)c(C(O)c2cc(C)c(Br)s2)cc1OC. The van der Waals surface area contributed by atoms with Gasteiger partial charge in [0.25, 0.3) is 0 Å². The van der Waals surface area contributed by atoms with Gasteiger partial charge in [-0.25, -0.2) is 0 Å². The molecule has 1 unspecified atom stereocenters. The van der Waals surface area contributed by atoms with Crippen molar-refractivity contribution in [3.63, 3.8) is 0 Å². The van der Waals surface area contributed by atoms with E-state index in [9.17, 15) is 5.11 Å². The molecule has 1 aromatic carbocycles. The summed E-state index contributed by atoms with van der Waals surface area (Å²) in [5.74, 6) is 1.68. The van der Waals surface area contributed by atoms with Gasteiger partial charge in [0, 0.05) is 16.5 Å². The molecule has 0 saturated carbocycles. The number of rotatable bonds is 5. The Morgan fingerprint density at radius 1 is 1.00 bits per heavy atom. The second-order valence-electron chi connectivity index (χ2n) is 4.46. The Bertz CT molecular complexity index is 619. The Balaban J connectivity index is 2.50. The standard InChI is InChI=1S/C15H17BrO4S/c1-8-5-13(21-15(8)16)14(17)9-6-11(19-3)12(20-4)7-10(9)18-2/h5-7,14,17H,1-4H3. The molecular formula is C15H17BrO4S. The number of hydrogen-bond donors (Lipinski definition) is 1. The van der Waals surface area contributed by atoms with Gasteiger partial charge in [-0.3, -0.25) is 0 Å². The smallest absolute Gasteiger partial charge is 0.164 e. The molecule has 0 fully saturated rings. The van der Waals surface area contributed by atoms with Crippen molar-refractivity contribution < 1.29 is 19.3 Å². The molecule has 6 heteroatoms. The van der Waals surface area contributed by atoms with Gasteiger partial charge in [0.1, 0.15) is 11.9 Å². The van der Waals surface area contributed by atoms with E-state index in [4.69, 9.17) is 14.2 Å². The highest BCUT2D eigenvalue weighted by Gasteiger charge is 2.21. The third-order valence-corrected chi connectivity index (χ3v) is 5.37. The highest BCUT2D eigenvalue weighted by Crippen LogP contribution is 2.42. The molecule has 0 aliphatic carbocycles. The molecule has 0 amide bonds. The van der Waals surface area contributed by atoms with Crippen LogP contribution in [-0.4, -0.2) is 26.4 Å². The molecule has 0 saturated heterocycles. The van der Waals surface area contributed by atoms with Crippen molar-refractivity contribution in [3.05, 3.63) is 38.0 Å². The average Bonchev–Trinajstić information content (AvgIpc) is 2.84. The summed E-state index contributed by atoms with van der Waals surface area (Å²) < 4.78 is 16.9. The van der Waals surface area contributed by atoms with Crippen LogP contribution in [0.3, 0.4) is 0 Å². The first-order valence-corrected chi connectivity index (χ1v) is 7.86. The number of thiophene rings is 1. The zero-order valence-electron chi connectivity index (χ0n) is 12.3. The van der Waals surface area contributed by atoms with Crippen LogP contribution in [0.1, 0.15) is 22.1 Å². The Morgan fingerprint density at radius 2 is 1.57 bits per heavy atom. The molecule has 0 spiro atoms. The molecule has 0 bridgehead atoms. The lowest BCUT2D eigenvalue weighted by molar-refractivity contribution is 0.217. The van der Waals surface area contributed by atoms with Crippen LogP contribution in [0.5, 0.6) is 17.2 Å². The van der Waals surface area contributed by atoms with Crippen LogP contribution < -0.4 is 14.2 Å². The predicted molar refractivity (Wildman–Crippen MR) is 86.9 cm³/mol. The van der Waals surface area contributed by atoms with E-state index in [0.717, 1.165) is 14.2 Å². The first kappa shape index (κ1) is 16.1. The Kier molecular flexibility index (Phi) is 5.13. The van der Waals surface area contributed by atoms with E-state index >= 15 is 0 Å². The summed E-state index contributed by atoms with van der Waals surface area (Å²) in [5.41, 5.74) is 1.73. The maximum absolute atomic E-state index is 10.6. The second kappa shape index (κ2) is 6.68. The Hall–Kier alpha value is -1.24. The summed E-state index contributed by atoms with van der Waals surface area (Å²) in [5, 5.41) is 10.6. The van der Waals surface area contributed by atoms with Crippen molar-refractivity contribution in [2.75, 3.05) is 21.3 Å². The fourth-order valence-electron chi connectivity index (χ4n) is 2.04. The topological polar surface area (TPSA) is 47.9 Å². The van der Waals surface area contributed by atoms with Gasteiger partial charge in [-0.1, -0.05) is 0 Å². The van der Waals surface area contributed by atoms with Gasteiger partial charge in [0.05, 0.1) is 25.1 Å². The maximum atomic E-state index is 10.6. The van der Waals surface area contributed by atoms with Crippen LogP contribution in [0, 0.1) is 6.92 Å². The first-order valence-electron chi connectivity index (χ1n) is 6.25. The molecule has 1 N–H and O–H groups in total. The normalized spacial score (nSPS) is 12.1. The highest BCUT2D eigenvalue weighted by molar-refractivity contribution is 9.11. The molecule has 1 atom stereocenters. The molecule has 0 radical (unpaired) electrons. The van der Waals surface area contributed by atoms with E-state index in [0.29, 0.717) is 22.8 Å². The molecule has 1 aromatic heterocycles. The summed E-state index contributed by atoms with van der Waals surface area (Å²) in [7, 11) is 4.69. The minimum absolute atomic E-state index is 0.555. The molecule has 2 rings (SSSR count). The number of benzene rings is 1. The van der Waals surface area contributed by atoms with Gasteiger partial charge >= 0.3 is 0 Å². The summed E-state index contributed by atoms with van der Waals surface area (Å²) >= 11 is 4.97. The summed E-state index contributed by atoms with van der Waals surface area (Å²) in [6.45, 7) is 1.99. The van der Waals surface area contributed by atoms with Crippen LogP contribution in [0.2, 0.25) is 0 Å². The summed E-state index contributed by atoms with van der Waals surface area (Å²) in [6, 6.07) is 5.41. The fraction of sp³-hybridized carbons (Fsp3) is 0.333. The largest absolute Gasteiger partial charge is 0.496 e. The number of ether oxygens (including phenoxy) is 3. The van der Waals surface area contributed by atoms with Crippen LogP contribution in [0.15, 0.2) is 22.0 Å². The first-order chi connectivity index (χ1) is 10.0. The molecule has 1 heterocycles. The lowest BCUT2D eigenvalue weighted by Crippen LogP contribution is -2.02. The zero-order valence-corrected chi connectivity index (χ0v) is 14.7. The summed E-state index contributed by atoms with van der Waals surface area (Å²) in [6.07, 6.45) is -0.783. The van der Waals surface area contributed by atoms with Crippen molar-refractivity contribution in [2.45, 2.75) is 13.0 Å². The minimum Gasteiger partial charge on any atom is -0.496 e. The molecule has 0 aliphatic rings. The quantitative estimate of drug-likeness (QED) is 0.863. The zero-order chi connectivity index (χ0) is 15.6. The molecule has 4 nitrogen and oxygen atoms in total. The molecule has 114 valence electrons. The predicted octanol–water partition coefficient (Wildman–Crippen LogP) is 3.93. The lowest BCUT2D eigenvalue weighted by atomic mass is 10.1. The van der Waals surface area contributed by atoms with E-state index in [1.54, 1.807) is 33.5 Å². The van der Waals surface area contributed by atoms with E-state index in [-0.39, 0.29) is 0 Å². The van der Waals surface area contributed by atoms with Gasteiger partial charge in [0.15, 0.2) is 11.5 Å². The number of methoxy groups -OCH3 is 3. The van der Waals surface area contributed by atoms with E-state index in [2.05, 4.69) is 15.9 Å². The number of aliphatic hydroxyl groups excluding tert-OH is 1. The maximum Gasteiger partial charge on any atom is 0.164 e. The van der Waals surface area contributed by atoms with Crippen molar-refractivity contribution >= 4 is 27.3 Å². The Labute approximate surface area is 136 Å². The van der Waals surface area contributed by atoms with E-state index in [1.807, 2.05) is 13.0 Å². The molecule has 2 aromatic rings. The van der Waals surface area contributed by atoms with Crippen LogP contribution in [0.4, 0.5) is 0 Å². The minimum atomic E-state index is -0.783. The fourth-order valence-corrected chi connectivity index (χ4v) is 3.61. The van der Waals surface area contributed by atoms with Crippen LogP contribution in [-0.2, 0) is 0 Å². The second-order valence-corrected chi connectivity index (χ2v) is 6.86. The number of halogens is 1. The molecular weight excluding hydrogens is 356 g/mol. The van der Waals surface area contributed by atoms with Crippen molar-refractivity contribution in [1.82, 2.24) is 0 Å². The van der Waals surface area contributed by atoms with E-state index in [1.165, 1.54) is 11.3 Å².